The molecule has 31 heavy (non-hydrogen) atoms. The van der Waals surface area contributed by atoms with Gasteiger partial charge in [-0.3, -0.25) is 9.88 Å². The van der Waals surface area contributed by atoms with E-state index in [-0.39, 0.29) is 11.1 Å². The lowest BCUT2D eigenvalue weighted by Gasteiger charge is -2.36. The molecule has 0 radical (unpaired) electrons. The van der Waals surface area contributed by atoms with Gasteiger partial charge in [-0.05, 0) is 70.7 Å². The Morgan fingerprint density at radius 2 is 1.71 bits per heavy atom. The van der Waals surface area contributed by atoms with Crippen molar-refractivity contribution in [3.8, 4) is 0 Å². The summed E-state index contributed by atoms with van der Waals surface area (Å²) in [6, 6.07) is 4.00. The molecule has 1 heterocycles. The molecule has 0 saturated heterocycles. The van der Waals surface area contributed by atoms with E-state index in [9.17, 15) is 4.79 Å². The first kappa shape index (κ1) is 27.3. The minimum atomic E-state index is -1.83. The van der Waals surface area contributed by atoms with Crippen LogP contribution in [0.2, 0.25) is 18.1 Å². The highest BCUT2D eigenvalue weighted by molar-refractivity contribution is 6.74. The average molecular weight is 450 g/mol. The maximum Gasteiger partial charge on any atom is 0.410 e. The largest absolute Gasteiger partial charge is 0.444 e. The number of ether oxygens (including phenoxy) is 1. The van der Waals surface area contributed by atoms with E-state index in [1.54, 1.807) is 11.1 Å². The van der Waals surface area contributed by atoms with Gasteiger partial charge < -0.3 is 14.1 Å². The van der Waals surface area contributed by atoms with Crippen molar-refractivity contribution in [1.82, 2.24) is 14.8 Å². The second-order valence-corrected chi connectivity index (χ2v) is 15.6. The highest BCUT2D eigenvalue weighted by Crippen LogP contribution is 2.37. The average Bonchev–Trinajstić information content (AvgIpc) is 2.60. The van der Waals surface area contributed by atoms with Gasteiger partial charge in [0.1, 0.15) is 5.60 Å². The molecule has 0 saturated carbocycles. The fraction of sp³-hybridized carbons (Fsp3) is 0.667. The van der Waals surface area contributed by atoms with E-state index in [1.807, 2.05) is 59.2 Å². The summed E-state index contributed by atoms with van der Waals surface area (Å²) in [4.78, 5) is 21.0. The fourth-order valence-electron chi connectivity index (χ4n) is 2.40. The molecule has 7 heteroatoms. The van der Waals surface area contributed by atoms with E-state index in [0.717, 1.165) is 17.8 Å². The fourth-order valence-corrected chi connectivity index (χ4v) is 3.36. The van der Waals surface area contributed by atoms with Gasteiger partial charge in [0.2, 0.25) is 0 Å². The van der Waals surface area contributed by atoms with Crippen molar-refractivity contribution in [1.29, 1.82) is 0 Å². The summed E-state index contributed by atoms with van der Waals surface area (Å²) in [6.45, 7) is 19.1. The van der Waals surface area contributed by atoms with Crippen molar-refractivity contribution < 1.29 is 14.0 Å². The van der Waals surface area contributed by atoms with Crippen LogP contribution in [0.1, 0.15) is 52.8 Å². The van der Waals surface area contributed by atoms with Gasteiger partial charge in [-0.2, -0.15) is 0 Å². The number of carbonyl (C=O) groups excluding carboxylic acids is 1. The van der Waals surface area contributed by atoms with Gasteiger partial charge in [0, 0.05) is 19.3 Å². The zero-order valence-electron chi connectivity index (χ0n) is 21.3. The van der Waals surface area contributed by atoms with Crippen LogP contribution < -0.4 is 0 Å². The Hall–Kier alpha value is -1.70. The summed E-state index contributed by atoms with van der Waals surface area (Å²) in [5.74, 6) is 0. The predicted molar refractivity (Wildman–Crippen MR) is 131 cm³/mol. The van der Waals surface area contributed by atoms with Gasteiger partial charge in [0.15, 0.2) is 8.32 Å². The molecule has 0 spiro atoms. The quantitative estimate of drug-likeness (QED) is 0.370. The lowest BCUT2D eigenvalue weighted by molar-refractivity contribution is 0.0254. The number of carbonyl (C=O) groups is 1. The normalized spacial score (nSPS) is 13.1. The SMILES string of the molecule is CN(C)C/C=C/CN(Cc1cc(CO[Si](C)(C)C(C)(C)C)ccn1)C(=O)OC(C)(C)C. The van der Waals surface area contributed by atoms with Crippen molar-refractivity contribution in [3.63, 3.8) is 0 Å². The van der Waals surface area contributed by atoms with E-state index in [0.29, 0.717) is 19.7 Å². The zero-order valence-corrected chi connectivity index (χ0v) is 22.3. The summed E-state index contributed by atoms with van der Waals surface area (Å²) < 4.78 is 12.0. The topological polar surface area (TPSA) is 54.9 Å². The molecule has 0 aliphatic heterocycles. The van der Waals surface area contributed by atoms with Crippen LogP contribution in [0.15, 0.2) is 30.5 Å². The van der Waals surface area contributed by atoms with Crippen molar-refractivity contribution >= 4 is 14.4 Å². The minimum Gasteiger partial charge on any atom is -0.444 e. The van der Waals surface area contributed by atoms with Crippen molar-refractivity contribution in [2.75, 3.05) is 27.2 Å². The number of rotatable bonds is 9. The van der Waals surface area contributed by atoms with Gasteiger partial charge in [0.05, 0.1) is 18.8 Å². The number of amides is 1. The number of hydrogen-bond acceptors (Lipinski definition) is 5. The van der Waals surface area contributed by atoms with Gasteiger partial charge in [0.25, 0.3) is 0 Å². The van der Waals surface area contributed by atoms with Crippen molar-refractivity contribution in [2.45, 2.75) is 78.4 Å². The number of aromatic nitrogens is 1. The molecule has 1 amide bonds. The first-order chi connectivity index (χ1) is 14.1. The molecule has 176 valence electrons. The molecule has 1 aromatic heterocycles. The van der Waals surface area contributed by atoms with E-state index < -0.39 is 13.9 Å². The van der Waals surface area contributed by atoms with E-state index in [2.05, 4.69) is 43.7 Å². The Kier molecular flexibility index (Phi) is 9.92. The highest BCUT2D eigenvalue weighted by atomic mass is 28.4. The van der Waals surface area contributed by atoms with Crippen LogP contribution in [-0.2, 0) is 22.3 Å². The molecule has 1 rings (SSSR count). The van der Waals surface area contributed by atoms with Crippen LogP contribution in [0.3, 0.4) is 0 Å². The van der Waals surface area contributed by atoms with Gasteiger partial charge in [-0.1, -0.05) is 32.9 Å². The molecule has 1 aromatic rings. The summed E-state index contributed by atoms with van der Waals surface area (Å²) >= 11 is 0. The molecular weight excluding hydrogens is 406 g/mol. The number of hydrogen-bond donors (Lipinski definition) is 0. The second-order valence-electron chi connectivity index (χ2n) is 10.8. The van der Waals surface area contributed by atoms with Crippen LogP contribution >= 0.6 is 0 Å². The Morgan fingerprint density at radius 3 is 2.26 bits per heavy atom. The van der Waals surface area contributed by atoms with E-state index in [4.69, 9.17) is 9.16 Å². The molecule has 0 aromatic carbocycles. The van der Waals surface area contributed by atoms with Crippen LogP contribution in [0, 0.1) is 0 Å². The van der Waals surface area contributed by atoms with Crippen LogP contribution in [0.4, 0.5) is 4.79 Å². The molecular formula is C24H43N3O3Si. The molecule has 0 atom stereocenters. The van der Waals surface area contributed by atoms with Gasteiger partial charge in [-0.15, -0.1) is 0 Å². The van der Waals surface area contributed by atoms with E-state index in [1.165, 1.54) is 0 Å². The Morgan fingerprint density at radius 1 is 1.10 bits per heavy atom. The zero-order chi connectivity index (χ0) is 23.9. The summed E-state index contributed by atoms with van der Waals surface area (Å²) in [7, 11) is 2.19. The van der Waals surface area contributed by atoms with Crippen LogP contribution in [0.25, 0.3) is 0 Å². The Labute approximate surface area is 190 Å². The molecule has 0 unspecified atom stereocenters. The molecule has 6 nitrogen and oxygen atoms in total. The molecule has 0 N–H and O–H groups in total. The first-order valence-corrected chi connectivity index (χ1v) is 13.9. The third-order valence-corrected chi connectivity index (χ3v) is 9.73. The maximum atomic E-state index is 12.8. The third-order valence-electron chi connectivity index (χ3n) is 5.25. The molecule has 0 bridgehead atoms. The summed E-state index contributed by atoms with van der Waals surface area (Å²) in [5, 5.41) is 0.162. The molecule has 0 aliphatic rings. The Bertz CT molecular complexity index is 734. The predicted octanol–water partition coefficient (Wildman–Crippen LogP) is 5.46. The summed E-state index contributed by atoms with van der Waals surface area (Å²) in [6.07, 6.45) is 5.49. The van der Waals surface area contributed by atoms with Crippen LogP contribution in [-0.4, -0.2) is 62.0 Å². The monoisotopic (exact) mass is 449 g/mol. The van der Waals surface area contributed by atoms with Crippen LogP contribution in [0.5, 0.6) is 0 Å². The summed E-state index contributed by atoms with van der Waals surface area (Å²) in [5.41, 5.74) is 1.35. The second kappa shape index (κ2) is 11.2. The number of nitrogens with zero attached hydrogens (tertiary/aromatic N) is 3. The molecule has 0 aliphatic carbocycles. The number of likely N-dealkylation sites (N-methyl/N-ethyl adjacent to an activating group) is 1. The standard InChI is InChI=1S/C24H43N3O3Si/c1-23(2,3)30-22(28)27(16-12-11-15-26(7)8)18-21-17-20(13-14-25-21)19-29-31(9,10)24(4,5)6/h11-14,17H,15-16,18-19H2,1-10H3/b12-11+. The van der Waals surface area contributed by atoms with Crippen molar-refractivity contribution in [2.24, 2.45) is 0 Å². The first-order valence-electron chi connectivity index (χ1n) is 11.0. The van der Waals surface area contributed by atoms with Gasteiger partial charge >= 0.3 is 6.09 Å². The van der Waals surface area contributed by atoms with E-state index >= 15 is 0 Å². The van der Waals surface area contributed by atoms with Gasteiger partial charge in [-0.25, -0.2) is 4.79 Å². The smallest absolute Gasteiger partial charge is 0.410 e. The lowest BCUT2D eigenvalue weighted by atomic mass is 10.2. The number of pyridine rings is 1. The Balaban J connectivity index is 2.91. The minimum absolute atomic E-state index is 0.162. The lowest BCUT2D eigenvalue weighted by Crippen LogP contribution is -2.40. The molecule has 0 fully saturated rings. The highest BCUT2D eigenvalue weighted by Gasteiger charge is 2.37. The third kappa shape index (κ3) is 10.4. The maximum absolute atomic E-state index is 12.8. The van der Waals surface area contributed by atoms with Crippen molar-refractivity contribution in [3.05, 3.63) is 41.7 Å².